The minimum Gasteiger partial charge on any atom is -0.481 e. The van der Waals surface area contributed by atoms with E-state index in [-0.39, 0.29) is 22.7 Å². The van der Waals surface area contributed by atoms with Crippen LogP contribution in [0.3, 0.4) is 0 Å². The summed E-state index contributed by atoms with van der Waals surface area (Å²) in [6, 6.07) is 0. The highest BCUT2D eigenvalue weighted by Crippen LogP contribution is 2.21. The van der Waals surface area contributed by atoms with Crippen LogP contribution in [-0.2, 0) is 17.6 Å². The summed E-state index contributed by atoms with van der Waals surface area (Å²) in [5, 5.41) is 8.75. The third-order valence-corrected chi connectivity index (χ3v) is 2.71. The number of fused-ring (bicyclic) bond motifs is 1. The molecule has 1 heterocycles. The Kier molecular flexibility index (Phi) is 2.82. The first-order valence-corrected chi connectivity index (χ1v) is 5.36. The predicted molar refractivity (Wildman–Crippen MR) is 58.0 cm³/mol. The van der Waals surface area contributed by atoms with Gasteiger partial charge >= 0.3 is 5.97 Å². The van der Waals surface area contributed by atoms with Crippen LogP contribution in [0, 0.1) is 4.77 Å². The van der Waals surface area contributed by atoms with Crippen molar-refractivity contribution in [3.8, 4) is 0 Å². The lowest BCUT2D eigenvalue weighted by molar-refractivity contribution is -0.136. The maximum atomic E-state index is 11.7. The summed E-state index contributed by atoms with van der Waals surface area (Å²) in [7, 11) is 0. The number of hydrogen-bond acceptors (Lipinski definition) is 4. The average molecular weight is 238 g/mol. The van der Waals surface area contributed by atoms with Gasteiger partial charge in [-0.2, -0.15) is 0 Å². The average Bonchev–Trinajstić information content (AvgIpc) is 2.15. The molecule has 1 aromatic rings. The van der Waals surface area contributed by atoms with Crippen molar-refractivity contribution in [2.24, 2.45) is 0 Å². The van der Waals surface area contributed by atoms with Gasteiger partial charge in [-0.05, 0) is 25.1 Å². The standard InChI is InChI=1S/C10H10N2O3S/c13-7-3-1-2-5-9(7)6(4-8(14)15)12-10(16)11-5/h1-4H2,(H,14,15)(H,11,12,16). The van der Waals surface area contributed by atoms with Crippen molar-refractivity contribution in [2.45, 2.75) is 25.7 Å². The molecular weight excluding hydrogens is 228 g/mol. The highest BCUT2D eigenvalue weighted by molar-refractivity contribution is 7.71. The number of carbonyl (C=O) groups is 2. The van der Waals surface area contributed by atoms with Gasteiger partial charge in [0.25, 0.3) is 0 Å². The number of aryl methyl sites for hydroxylation is 1. The fraction of sp³-hybridized carbons (Fsp3) is 0.400. The summed E-state index contributed by atoms with van der Waals surface area (Å²) < 4.78 is 0.240. The fourth-order valence-electron chi connectivity index (χ4n) is 1.91. The van der Waals surface area contributed by atoms with Gasteiger partial charge in [0.1, 0.15) is 0 Å². The van der Waals surface area contributed by atoms with Crippen LogP contribution in [-0.4, -0.2) is 26.8 Å². The number of carboxylic acids is 1. The van der Waals surface area contributed by atoms with Crippen LogP contribution in [0.2, 0.25) is 0 Å². The molecule has 0 fully saturated rings. The van der Waals surface area contributed by atoms with Crippen LogP contribution < -0.4 is 0 Å². The van der Waals surface area contributed by atoms with E-state index in [0.717, 1.165) is 18.5 Å². The number of ketones is 1. The Hall–Kier alpha value is -1.56. The number of aromatic nitrogens is 2. The minimum absolute atomic E-state index is 0.0451. The molecule has 0 unspecified atom stereocenters. The Bertz CT molecular complexity index is 521. The zero-order chi connectivity index (χ0) is 11.7. The molecule has 1 aliphatic carbocycles. The molecule has 2 rings (SSSR count). The van der Waals surface area contributed by atoms with Gasteiger partial charge in [-0.25, -0.2) is 4.98 Å². The number of carbonyl (C=O) groups excluding carboxylic acids is 1. The van der Waals surface area contributed by atoms with Gasteiger partial charge in [-0.1, -0.05) is 0 Å². The lowest BCUT2D eigenvalue weighted by Crippen LogP contribution is -2.19. The number of carboxylic acid groups (broad SMARTS) is 1. The molecule has 0 saturated carbocycles. The van der Waals surface area contributed by atoms with Crippen LogP contribution >= 0.6 is 12.2 Å². The normalized spacial score (nSPS) is 14.6. The summed E-state index contributed by atoms with van der Waals surface area (Å²) >= 11 is 4.91. The second-order valence-corrected chi connectivity index (χ2v) is 4.08. The van der Waals surface area contributed by atoms with Crippen LogP contribution in [0.15, 0.2) is 0 Å². The lowest BCUT2D eigenvalue weighted by Gasteiger charge is -2.16. The maximum absolute atomic E-state index is 11.7. The first-order valence-electron chi connectivity index (χ1n) is 4.95. The van der Waals surface area contributed by atoms with E-state index in [2.05, 4.69) is 9.97 Å². The molecule has 2 N–H and O–H groups in total. The highest BCUT2D eigenvalue weighted by atomic mass is 32.1. The van der Waals surface area contributed by atoms with E-state index in [9.17, 15) is 9.59 Å². The Morgan fingerprint density at radius 3 is 2.94 bits per heavy atom. The lowest BCUT2D eigenvalue weighted by atomic mass is 9.92. The summed E-state index contributed by atoms with van der Waals surface area (Å²) in [6.07, 6.45) is 1.69. The molecule has 0 amide bonds. The first-order chi connectivity index (χ1) is 7.58. The number of H-pyrrole nitrogens is 1. The van der Waals surface area contributed by atoms with E-state index in [1.54, 1.807) is 0 Å². The van der Waals surface area contributed by atoms with E-state index < -0.39 is 5.97 Å². The first kappa shape index (κ1) is 10.9. The number of Topliss-reactive ketones (excluding diaryl/α,β-unsaturated/α-hetero) is 1. The molecule has 0 aromatic carbocycles. The third kappa shape index (κ3) is 2.01. The molecule has 0 atom stereocenters. The fourth-order valence-corrected chi connectivity index (χ4v) is 2.14. The van der Waals surface area contributed by atoms with Crippen LogP contribution in [0.25, 0.3) is 0 Å². The minimum atomic E-state index is -1.01. The van der Waals surface area contributed by atoms with E-state index in [1.165, 1.54) is 0 Å². The van der Waals surface area contributed by atoms with Crippen molar-refractivity contribution in [3.63, 3.8) is 0 Å². The van der Waals surface area contributed by atoms with Crippen LogP contribution in [0.5, 0.6) is 0 Å². The van der Waals surface area contributed by atoms with Gasteiger partial charge in [0, 0.05) is 12.1 Å². The van der Waals surface area contributed by atoms with Crippen molar-refractivity contribution in [1.82, 2.24) is 9.97 Å². The van der Waals surface area contributed by atoms with Gasteiger partial charge in [0.05, 0.1) is 17.7 Å². The monoisotopic (exact) mass is 238 g/mol. The molecule has 0 saturated heterocycles. The maximum Gasteiger partial charge on any atom is 0.309 e. The molecule has 1 aromatic heterocycles. The zero-order valence-electron chi connectivity index (χ0n) is 8.45. The molecule has 16 heavy (non-hydrogen) atoms. The molecule has 0 aliphatic heterocycles. The van der Waals surface area contributed by atoms with E-state index in [1.807, 2.05) is 0 Å². The number of rotatable bonds is 2. The van der Waals surface area contributed by atoms with Gasteiger partial charge < -0.3 is 10.1 Å². The number of aliphatic carboxylic acids is 1. The molecule has 0 bridgehead atoms. The number of nitrogens with one attached hydrogen (secondary N) is 1. The summed E-state index contributed by atoms with van der Waals surface area (Å²) in [6.45, 7) is 0. The quantitative estimate of drug-likeness (QED) is 0.758. The van der Waals surface area contributed by atoms with Crippen molar-refractivity contribution >= 4 is 24.0 Å². The molecule has 6 heteroatoms. The smallest absolute Gasteiger partial charge is 0.309 e. The highest BCUT2D eigenvalue weighted by Gasteiger charge is 2.23. The Balaban J connectivity index is 2.58. The van der Waals surface area contributed by atoms with Crippen molar-refractivity contribution in [1.29, 1.82) is 0 Å². The van der Waals surface area contributed by atoms with E-state index in [0.29, 0.717) is 12.0 Å². The van der Waals surface area contributed by atoms with Gasteiger partial charge in [-0.3, -0.25) is 9.59 Å². The van der Waals surface area contributed by atoms with Gasteiger partial charge in [0.15, 0.2) is 10.6 Å². The molecule has 84 valence electrons. The predicted octanol–water partition coefficient (Wildman–Crippen LogP) is 1.29. The molecule has 1 aliphatic rings. The number of nitrogens with zero attached hydrogens (tertiary/aromatic N) is 1. The third-order valence-electron chi connectivity index (χ3n) is 2.51. The number of aromatic amines is 1. The zero-order valence-corrected chi connectivity index (χ0v) is 9.26. The molecule has 0 spiro atoms. The van der Waals surface area contributed by atoms with Crippen LogP contribution in [0.4, 0.5) is 0 Å². The van der Waals surface area contributed by atoms with Crippen molar-refractivity contribution < 1.29 is 14.7 Å². The Morgan fingerprint density at radius 2 is 2.25 bits per heavy atom. The summed E-state index contributed by atoms with van der Waals surface area (Å²) in [5.41, 5.74) is 1.45. The SMILES string of the molecule is O=C(O)Cc1nc(=S)[nH]c2c1C(=O)CCC2. The van der Waals surface area contributed by atoms with E-state index >= 15 is 0 Å². The largest absolute Gasteiger partial charge is 0.481 e. The second kappa shape index (κ2) is 4.13. The Morgan fingerprint density at radius 1 is 1.50 bits per heavy atom. The molecular formula is C10H10N2O3S. The Labute approximate surface area is 96.5 Å². The van der Waals surface area contributed by atoms with Crippen molar-refractivity contribution in [3.05, 3.63) is 21.7 Å². The van der Waals surface area contributed by atoms with Crippen molar-refractivity contribution in [2.75, 3.05) is 0 Å². The molecule has 5 nitrogen and oxygen atoms in total. The molecule has 0 radical (unpaired) electrons. The van der Waals surface area contributed by atoms with Gasteiger partial charge in [0.2, 0.25) is 0 Å². The summed E-state index contributed by atoms with van der Waals surface area (Å²) in [4.78, 5) is 29.2. The second-order valence-electron chi connectivity index (χ2n) is 3.69. The summed E-state index contributed by atoms with van der Waals surface area (Å²) in [5.74, 6) is -1.05. The van der Waals surface area contributed by atoms with E-state index in [4.69, 9.17) is 17.3 Å². The van der Waals surface area contributed by atoms with Gasteiger partial charge in [-0.15, -0.1) is 0 Å². The van der Waals surface area contributed by atoms with Crippen LogP contribution in [0.1, 0.15) is 34.6 Å². The topological polar surface area (TPSA) is 83.0 Å². The number of hydrogen-bond donors (Lipinski definition) is 2.